The van der Waals surface area contributed by atoms with Gasteiger partial charge in [-0.15, -0.1) is 0 Å². The number of rotatable bonds is 4. The molecular formula is C15H24N2O2S. The maximum Gasteiger partial charge on any atom is 0.243 e. The quantitative estimate of drug-likeness (QED) is 0.926. The second-order valence-corrected chi connectivity index (χ2v) is 7.63. The summed E-state index contributed by atoms with van der Waals surface area (Å²) in [5.74, 6) is 0.415. The first-order valence-corrected chi connectivity index (χ1v) is 8.66. The summed E-state index contributed by atoms with van der Waals surface area (Å²) in [5.41, 5.74) is 1.16. The van der Waals surface area contributed by atoms with Gasteiger partial charge in [-0.1, -0.05) is 26.0 Å². The van der Waals surface area contributed by atoms with Crippen LogP contribution in [0.2, 0.25) is 0 Å². The normalized spacial score (nSPS) is 18.6. The summed E-state index contributed by atoms with van der Waals surface area (Å²) < 4.78 is 26.7. The van der Waals surface area contributed by atoms with Crippen molar-refractivity contribution in [1.82, 2.24) is 9.62 Å². The van der Waals surface area contributed by atoms with Crippen molar-refractivity contribution in [2.45, 2.75) is 43.5 Å². The Labute approximate surface area is 122 Å². The summed E-state index contributed by atoms with van der Waals surface area (Å²) in [6.07, 6.45) is 1.75. The monoisotopic (exact) mass is 296 g/mol. The van der Waals surface area contributed by atoms with Crippen molar-refractivity contribution in [3.05, 3.63) is 29.8 Å². The van der Waals surface area contributed by atoms with E-state index in [9.17, 15) is 8.42 Å². The Morgan fingerprint density at radius 3 is 2.15 bits per heavy atom. The van der Waals surface area contributed by atoms with Gasteiger partial charge in [0.15, 0.2) is 0 Å². The standard InChI is InChI=1S/C15H24N2O2S/c1-12(2)13-4-6-15(7-5-13)20(18,19)17-10-8-14(16-3)9-11-17/h4-7,12,14,16H,8-11H2,1-3H3. The van der Waals surface area contributed by atoms with E-state index in [1.54, 1.807) is 16.4 Å². The third-order valence-electron chi connectivity index (χ3n) is 4.05. The Kier molecular flexibility index (Phi) is 4.83. The molecule has 0 unspecified atom stereocenters. The van der Waals surface area contributed by atoms with Crippen LogP contribution >= 0.6 is 0 Å². The molecule has 0 aromatic heterocycles. The van der Waals surface area contributed by atoms with Gasteiger partial charge >= 0.3 is 0 Å². The summed E-state index contributed by atoms with van der Waals surface area (Å²) in [5, 5.41) is 3.21. The van der Waals surface area contributed by atoms with Crippen LogP contribution in [0.25, 0.3) is 0 Å². The highest BCUT2D eigenvalue weighted by atomic mass is 32.2. The van der Waals surface area contributed by atoms with Crippen LogP contribution in [0, 0.1) is 0 Å². The lowest BCUT2D eigenvalue weighted by Crippen LogP contribution is -2.43. The van der Waals surface area contributed by atoms with Crippen molar-refractivity contribution in [1.29, 1.82) is 0 Å². The van der Waals surface area contributed by atoms with E-state index in [1.807, 2.05) is 19.2 Å². The molecule has 5 heteroatoms. The maximum absolute atomic E-state index is 12.6. The number of hydrogen-bond donors (Lipinski definition) is 1. The Morgan fingerprint density at radius 2 is 1.70 bits per heavy atom. The van der Waals surface area contributed by atoms with Crippen molar-refractivity contribution in [2.75, 3.05) is 20.1 Å². The molecule has 1 aromatic carbocycles. The van der Waals surface area contributed by atoms with E-state index in [1.165, 1.54) is 0 Å². The average molecular weight is 296 g/mol. The van der Waals surface area contributed by atoms with Gasteiger partial charge in [0.25, 0.3) is 0 Å². The summed E-state index contributed by atoms with van der Waals surface area (Å²) in [6.45, 7) is 5.40. The van der Waals surface area contributed by atoms with E-state index in [-0.39, 0.29) is 0 Å². The Bertz CT molecular complexity index is 529. The zero-order chi connectivity index (χ0) is 14.8. The number of benzene rings is 1. The van der Waals surface area contributed by atoms with E-state index in [0.29, 0.717) is 29.9 Å². The summed E-state index contributed by atoms with van der Waals surface area (Å²) >= 11 is 0. The molecule has 1 aromatic rings. The first-order chi connectivity index (χ1) is 9.45. The molecule has 0 atom stereocenters. The lowest BCUT2D eigenvalue weighted by molar-refractivity contribution is 0.298. The van der Waals surface area contributed by atoms with Crippen molar-refractivity contribution >= 4 is 10.0 Å². The smallest absolute Gasteiger partial charge is 0.243 e. The van der Waals surface area contributed by atoms with Gasteiger partial charge in [0.05, 0.1) is 4.90 Å². The Hall–Kier alpha value is -0.910. The predicted molar refractivity (Wildman–Crippen MR) is 81.4 cm³/mol. The lowest BCUT2D eigenvalue weighted by atomic mass is 10.0. The molecule has 1 aliphatic heterocycles. The molecule has 4 nitrogen and oxygen atoms in total. The van der Waals surface area contributed by atoms with Gasteiger partial charge in [-0.25, -0.2) is 8.42 Å². The SMILES string of the molecule is CNC1CCN(S(=O)(=O)c2ccc(C(C)C)cc2)CC1. The van der Waals surface area contributed by atoms with E-state index >= 15 is 0 Å². The minimum atomic E-state index is -3.33. The third kappa shape index (κ3) is 3.22. The van der Waals surface area contributed by atoms with Gasteiger partial charge < -0.3 is 5.32 Å². The highest BCUT2D eigenvalue weighted by Crippen LogP contribution is 2.22. The van der Waals surface area contributed by atoms with E-state index < -0.39 is 10.0 Å². The molecule has 1 heterocycles. The highest BCUT2D eigenvalue weighted by Gasteiger charge is 2.28. The molecule has 0 aliphatic carbocycles. The molecule has 1 N–H and O–H groups in total. The zero-order valence-electron chi connectivity index (χ0n) is 12.5. The van der Waals surface area contributed by atoms with Gasteiger partial charge in [-0.2, -0.15) is 4.31 Å². The molecule has 112 valence electrons. The molecule has 0 radical (unpaired) electrons. The van der Waals surface area contributed by atoms with Crippen molar-refractivity contribution in [3.8, 4) is 0 Å². The van der Waals surface area contributed by atoms with Crippen LogP contribution in [0.5, 0.6) is 0 Å². The van der Waals surface area contributed by atoms with Gasteiger partial charge in [0.1, 0.15) is 0 Å². The summed E-state index contributed by atoms with van der Waals surface area (Å²) in [7, 11) is -1.40. The third-order valence-corrected chi connectivity index (χ3v) is 5.96. The molecule has 0 spiro atoms. The van der Waals surface area contributed by atoms with Crippen molar-refractivity contribution in [3.63, 3.8) is 0 Å². The summed E-state index contributed by atoms with van der Waals surface area (Å²) in [4.78, 5) is 0.407. The van der Waals surface area contributed by atoms with Gasteiger partial charge in [-0.3, -0.25) is 0 Å². The summed E-state index contributed by atoms with van der Waals surface area (Å²) in [6, 6.07) is 7.73. The predicted octanol–water partition coefficient (Wildman–Crippen LogP) is 2.18. The molecule has 1 fully saturated rings. The minimum absolute atomic E-state index is 0.407. The minimum Gasteiger partial charge on any atom is -0.317 e. The average Bonchev–Trinajstić information content (AvgIpc) is 2.47. The van der Waals surface area contributed by atoms with Crippen LogP contribution in [-0.4, -0.2) is 38.9 Å². The zero-order valence-corrected chi connectivity index (χ0v) is 13.3. The first kappa shape index (κ1) is 15.5. The van der Waals surface area contributed by atoms with E-state index in [0.717, 1.165) is 18.4 Å². The topological polar surface area (TPSA) is 49.4 Å². The fourth-order valence-electron chi connectivity index (χ4n) is 2.56. The maximum atomic E-state index is 12.6. The molecule has 0 bridgehead atoms. The first-order valence-electron chi connectivity index (χ1n) is 7.22. The number of nitrogens with zero attached hydrogens (tertiary/aromatic N) is 1. The Morgan fingerprint density at radius 1 is 1.15 bits per heavy atom. The van der Waals surface area contributed by atoms with Crippen LogP contribution in [0.4, 0.5) is 0 Å². The molecule has 20 heavy (non-hydrogen) atoms. The number of hydrogen-bond acceptors (Lipinski definition) is 3. The van der Waals surface area contributed by atoms with Gasteiger partial charge in [-0.05, 0) is 43.5 Å². The van der Waals surface area contributed by atoms with Crippen LogP contribution in [0.15, 0.2) is 29.2 Å². The van der Waals surface area contributed by atoms with Crippen molar-refractivity contribution in [2.24, 2.45) is 0 Å². The molecule has 0 saturated carbocycles. The molecular weight excluding hydrogens is 272 g/mol. The molecule has 1 aliphatic rings. The van der Waals surface area contributed by atoms with Gasteiger partial charge in [0, 0.05) is 19.1 Å². The van der Waals surface area contributed by atoms with Crippen molar-refractivity contribution < 1.29 is 8.42 Å². The van der Waals surface area contributed by atoms with Gasteiger partial charge in [0.2, 0.25) is 10.0 Å². The van der Waals surface area contributed by atoms with E-state index in [2.05, 4.69) is 19.2 Å². The van der Waals surface area contributed by atoms with Crippen LogP contribution in [0.3, 0.4) is 0 Å². The van der Waals surface area contributed by atoms with Crippen LogP contribution < -0.4 is 5.32 Å². The fraction of sp³-hybridized carbons (Fsp3) is 0.600. The number of sulfonamides is 1. The largest absolute Gasteiger partial charge is 0.317 e. The number of piperidine rings is 1. The lowest BCUT2D eigenvalue weighted by Gasteiger charge is -2.31. The van der Waals surface area contributed by atoms with Crippen LogP contribution in [-0.2, 0) is 10.0 Å². The fourth-order valence-corrected chi connectivity index (χ4v) is 4.03. The second kappa shape index (κ2) is 6.24. The molecule has 1 saturated heterocycles. The van der Waals surface area contributed by atoms with Crippen LogP contribution in [0.1, 0.15) is 38.2 Å². The molecule has 2 rings (SSSR count). The van der Waals surface area contributed by atoms with E-state index in [4.69, 9.17) is 0 Å². The highest BCUT2D eigenvalue weighted by molar-refractivity contribution is 7.89. The Balaban J connectivity index is 2.14. The molecule has 0 amide bonds. The second-order valence-electron chi connectivity index (χ2n) is 5.69. The number of nitrogens with one attached hydrogen (secondary N) is 1.